The first kappa shape index (κ1) is 53.1. The summed E-state index contributed by atoms with van der Waals surface area (Å²) in [4.78, 5) is 41.4. The Bertz CT molecular complexity index is 2720. The van der Waals surface area contributed by atoms with E-state index in [1.807, 2.05) is 60.0 Å². The van der Waals surface area contributed by atoms with Gasteiger partial charge in [0.2, 0.25) is 11.8 Å². The SMILES string of the molecule is COc1cc(N2CCN(C(=O)Cn3nc(-c4ccncc4Cl)c(Cl)c3C)CC2)ccc1Cl.COc1cc(N2CCN(C(=O)Cn3nc(I)c(Cl)c3C)CC2)ccc1Cl.OB(O)c1ccncc1Cl. The van der Waals surface area contributed by atoms with E-state index in [2.05, 4.69) is 52.6 Å². The summed E-state index contributed by atoms with van der Waals surface area (Å²) in [6, 6.07) is 14.6. The first-order valence-electron chi connectivity index (χ1n) is 20.9. The molecule has 2 aliphatic rings. The second-order valence-electron chi connectivity index (χ2n) is 15.3. The lowest BCUT2D eigenvalue weighted by Crippen LogP contribution is -2.49. The zero-order chi connectivity index (χ0) is 49.2. The van der Waals surface area contributed by atoms with Crippen LogP contribution in [0.1, 0.15) is 11.4 Å². The van der Waals surface area contributed by atoms with Crippen LogP contribution in [-0.2, 0) is 22.7 Å². The summed E-state index contributed by atoms with van der Waals surface area (Å²) in [5, 5.41) is 29.1. The van der Waals surface area contributed by atoms with E-state index in [0.29, 0.717) is 87.1 Å². The van der Waals surface area contributed by atoms with Crippen molar-refractivity contribution in [2.75, 3.05) is 76.4 Å². The predicted octanol–water partition coefficient (Wildman–Crippen LogP) is 7.45. The fourth-order valence-electron chi connectivity index (χ4n) is 7.23. The Labute approximate surface area is 437 Å². The van der Waals surface area contributed by atoms with Crippen molar-refractivity contribution in [3.8, 4) is 22.8 Å². The minimum absolute atomic E-state index is 0.00650. The van der Waals surface area contributed by atoms with Gasteiger partial charge in [-0.15, -0.1) is 0 Å². The normalized spacial score (nSPS) is 13.6. The van der Waals surface area contributed by atoms with Gasteiger partial charge in [0.05, 0.1) is 55.7 Å². The molecule has 2 fully saturated rings. The molecule has 24 heteroatoms. The zero-order valence-corrected chi connectivity index (χ0v) is 43.9. The summed E-state index contributed by atoms with van der Waals surface area (Å²) < 4.78 is 14.6. The highest BCUT2D eigenvalue weighted by atomic mass is 127. The molecule has 0 atom stereocenters. The number of aromatic nitrogens is 6. The molecule has 0 unspecified atom stereocenters. The topological polar surface area (TPSA) is 167 Å². The molecule has 0 bridgehead atoms. The molecule has 2 amide bonds. The standard InChI is InChI=1S/C22H22Cl3N5O2.C17H19Cl2IN4O2.C5H5BClNO2/c1-14-21(25)22(16-5-6-26-12-18(16)24)27-30(14)13-20(31)29-9-7-28(8-10-29)15-3-4-17(23)19(11-15)32-2;1-11-16(19)17(20)21-24(11)10-15(25)23-7-5-22(6-8-23)12-3-4-13(18)14(9-12)26-2;7-5-3-8-2-1-4(5)6(9)10/h3-6,11-12H,7-10,13H2,1-2H3;3-4,9H,5-8,10H2,1-2H3;1-3,9-10H. The zero-order valence-electron chi connectivity index (χ0n) is 37.2. The molecule has 68 heavy (non-hydrogen) atoms. The molecule has 2 aliphatic heterocycles. The lowest BCUT2D eigenvalue weighted by atomic mass is 9.81. The molecule has 4 aromatic heterocycles. The predicted molar refractivity (Wildman–Crippen MR) is 278 cm³/mol. The third kappa shape index (κ3) is 13.1. The number of halogens is 7. The number of carbonyl (C=O) groups excluding carboxylic acids is 2. The van der Waals surface area contributed by atoms with Gasteiger partial charge >= 0.3 is 7.12 Å². The Balaban J connectivity index is 0.000000189. The van der Waals surface area contributed by atoms with Crippen LogP contribution in [0.4, 0.5) is 11.4 Å². The van der Waals surface area contributed by atoms with E-state index in [0.717, 1.165) is 39.6 Å². The van der Waals surface area contributed by atoms with Crippen LogP contribution >= 0.6 is 92.2 Å². The van der Waals surface area contributed by atoms with Crippen molar-refractivity contribution in [1.82, 2.24) is 39.3 Å². The van der Waals surface area contributed by atoms with Gasteiger partial charge in [0.1, 0.15) is 34.0 Å². The highest BCUT2D eigenvalue weighted by Gasteiger charge is 2.26. The fraction of sp³-hybridized carbons (Fsp3) is 0.318. The van der Waals surface area contributed by atoms with Crippen molar-refractivity contribution in [3.05, 3.63) is 119 Å². The van der Waals surface area contributed by atoms with E-state index in [4.69, 9.17) is 89.1 Å². The summed E-state index contributed by atoms with van der Waals surface area (Å²) in [6.07, 6.45) is 5.98. The number of rotatable bonds is 10. The maximum atomic E-state index is 13.0. The average molecular weight is 1160 g/mol. The number of ether oxygens (including phenoxy) is 2. The Hall–Kier alpha value is -4.25. The monoisotopic (exact) mass is 1160 g/mol. The van der Waals surface area contributed by atoms with Crippen molar-refractivity contribution in [3.63, 3.8) is 0 Å². The second-order valence-corrected chi connectivity index (χ2v) is 18.7. The quantitative estimate of drug-likeness (QED) is 0.103. The van der Waals surface area contributed by atoms with E-state index in [1.54, 1.807) is 42.0 Å². The largest absolute Gasteiger partial charge is 0.495 e. The van der Waals surface area contributed by atoms with Crippen LogP contribution < -0.4 is 24.7 Å². The second kappa shape index (κ2) is 24.5. The molecular formula is C44H46BCl6IN10O6. The lowest BCUT2D eigenvalue weighted by Gasteiger charge is -2.36. The van der Waals surface area contributed by atoms with Crippen molar-refractivity contribution >= 4 is 128 Å². The molecule has 0 spiro atoms. The molecule has 2 N–H and O–H groups in total. The summed E-state index contributed by atoms with van der Waals surface area (Å²) in [5.41, 5.74) is 5.11. The molecule has 6 aromatic rings. The van der Waals surface area contributed by atoms with Crippen LogP contribution in [-0.4, -0.2) is 135 Å². The van der Waals surface area contributed by atoms with E-state index in [-0.39, 0.29) is 35.4 Å². The maximum Gasteiger partial charge on any atom is 0.490 e. The van der Waals surface area contributed by atoms with Gasteiger partial charge in [0.25, 0.3) is 0 Å². The number of carbonyl (C=O) groups is 2. The number of piperazine rings is 2. The minimum atomic E-state index is -1.52. The van der Waals surface area contributed by atoms with Crippen LogP contribution in [0.5, 0.6) is 11.5 Å². The Morgan fingerprint density at radius 3 is 1.50 bits per heavy atom. The minimum Gasteiger partial charge on any atom is -0.495 e. The van der Waals surface area contributed by atoms with Crippen LogP contribution in [0, 0.1) is 17.5 Å². The third-order valence-corrected chi connectivity index (χ3v) is 14.4. The van der Waals surface area contributed by atoms with Crippen molar-refractivity contribution in [1.29, 1.82) is 0 Å². The lowest BCUT2D eigenvalue weighted by molar-refractivity contribution is -0.133. The molecule has 6 heterocycles. The van der Waals surface area contributed by atoms with E-state index in [1.165, 1.54) is 18.5 Å². The summed E-state index contributed by atoms with van der Waals surface area (Å²) in [5.74, 6) is 1.34. The van der Waals surface area contributed by atoms with Gasteiger partial charge in [0, 0.05) is 112 Å². The molecule has 0 radical (unpaired) electrons. The molecule has 8 rings (SSSR count). The molecule has 2 aromatic carbocycles. The van der Waals surface area contributed by atoms with Crippen LogP contribution in [0.25, 0.3) is 11.3 Å². The number of hydrogen-bond donors (Lipinski definition) is 2. The highest BCUT2D eigenvalue weighted by molar-refractivity contribution is 14.1. The van der Waals surface area contributed by atoms with Gasteiger partial charge in [-0.05, 0) is 72.8 Å². The number of amides is 2. The molecule has 360 valence electrons. The number of nitrogens with zero attached hydrogens (tertiary/aromatic N) is 10. The molecule has 2 saturated heterocycles. The van der Waals surface area contributed by atoms with Crippen LogP contribution in [0.3, 0.4) is 0 Å². The van der Waals surface area contributed by atoms with Gasteiger partial charge in [-0.1, -0.05) is 69.6 Å². The average Bonchev–Trinajstić information content (AvgIpc) is 3.75. The van der Waals surface area contributed by atoms with E-state index >= 15 is 0 Å². The number of benzene rings is 2. The summed E-state index contributed by atoms with van der Waals surface area (Å²) in [6.45, 7) is 9.53. The number of anilines is 2. The number of methoxy groups -OCH3 is 2. The molecule has 0 saturated carbocycles. The Kier molecular flexibility index (Phi) is 19.2. The highest BCUT2D eigenvalue weighted by Crippen LogP contribution is 2.34. The van der Waals surface area contributed by atoms with E-state index in [9.17, 15) is 9.59 Å². The fourth-order valence-corrected chi connectivity index (χ4v) is 9.07. The number of hydrogen-bond acceptors (Lipinski definition) is 12. The summed E-state index contributed by atoms with van der Waals surface area (Å²) >= 11 is 38.7. The van der Waals surface area contributed by atoms with Crippen molar-refractivity contribution < 1.29 is 29.1 Å². The molecule has 16 nitrogen and oxygen atoms in total. The van der Waals surface area contributed by atoms with Gasteiger partial charge < -0.3 is 39.1 Å². The smallest absolute Gasteiger partial charge is 0.490 e. The van der Waals surface area contributed by atoms with Crippen molar-refractivity contribution in [2.45, 2.75) is 26.9 Å². The van der Waals surface area contributed by atoms with Gasteiger partial charge in [-0.2, -0.15) is 10.2 Å². The van der Waals surface area contributed by atoms with Crippen LogP contribution in [0.2, 0.25) is 30.1 Å². The van der Waals surface area contributed by atoms with Crippen molar-refractivity contribution in [2.24, 2.45) is 0 Å². The Morgan fingerprint density at radius 1 is 0.632 bits per heavy atom. The molecule has 0 aliphatic carbocycles. The van der Waals surface area contributed by atoms with Gasteiger partial charge in [-0.3, -0.25) is 28.9 Å². The molecular weight excluding hydrogens is 1110 g/mol. The number of pyridine rings is 2. The first-order valence-corrected chi connectivity index (χ1v) is 24.2. The van der Waals surface area contributed by atoms with Gasteiger partial charge in [0.15, 0.2) is 0 Å². The Morgan fingerprint density at radius 2 is 1.09 bits per heavy atom. The van der Waals surface area contributed by atoms with E-state index < -0.39 is 7.12 Å². The summed E-state index contributed by atoms with van der Waals surface area (Å²) in [7, 11) is 1.68. The third-order valence-electron chi connectivity index (χ3n) is 11.2. The maximum absolute atomic E-state index is 13.0. The first-order chi connectivity index (χ1) is 32.5. The van der Waals surface area contributed by atoms with Gasteiger partial charge in [-0.25, -0.2) is 0 Å². The van der Waals surface area contributed by atoms with Crippen LogP contribution in [0.15, 0.2) is 73.3 Å².